The van der Waals surface area contributed by atoms with Crippen LogP contribution in [0.25, 0.3) is 99.9 Å². The summed E-state index contributed by atoms with van der Waals surface area (Å²) in [5.74, 6) is 1.80. The van der Waals surface area contributed by atoms with E-state index < -0.39 is 0 Å². The largest absolute Gasteiger partial charge is 0.456 e. The van der Waals surface area contributed by atoms with Crippen molar-refractivity contribution in [1.82, 2.24) is 15.0 Å². The molecule has 0 saturated heterocycles. The average Bonchev–Trinajstić information content (AvgIpc) is 3.82. The van der Waals surface area contributed by atoms with Gasteiger partial charge in [0.2, 0.25) is 0 Å². The third-order valence-electron chi connectivity index (χ3n) is 10.2. The molecule has 0 bridgehead atoms. The number of allylic oxidation sites excluding steroid dienone is 5. The summed E-state index contributed by atoms with van der Waals surface area (Å²) in [7, 11) is 0. The maximum absolute atomic E-state index is 6.72. The van der Waals surface area contributed by atoms with Gasteiger partial charge in [-0.25, -0.2) is 15.0 Å². The first-order chi connectivity index (χ1) is 27.2. The molecule has 10 rings (SSSR count). The topological polar surface area (TPSA) is 65.0 Å². The summed E-state index contributed by atoms with van der Waals surface area (Å²) in [6.07, 6.45) is 10.6. The van der Waals surface area contributed by atoms with E-state index in [9.17, 15) is 0 Å². The molecular weight excluding hydrogens is 675 g/mol. The lowest BCUT2D eigenvalue weighted by atomic mass is 9.99. The summed E-state index contributed by atoms with van der Waals surface area (Å²) >= 11 is 0. The molecule has 0 radical (unpaired) electrons. The molecule has 3 aromatic heterocycles. The fraction of sp³-hybridized carbons (Fsp3) is 0.0200. The van der Waals surface area contributed by atoms with E-state index in [1.807, 2.05) is 54.6 Å². The van der Waals surface area contributed by atoms with E-state index in [2.05, 4.69) is 122 Å². The lowest BCUT2D eigenvalue weighted by Gasteiger charge is -2.10. The lowest BCUT2D eigenvalue weighted by Crippen LogP contribution is -2.00. The van der Waals surface area contributed by atoms with Crippen LogP contribution in [0.5, 0.6) is 0 Å². The molecule has 3 heterocycles. The fourth-order valence-electron chi connectivity index (χ4n) is 7.45. The molecule has 0 aliphatic carbocycles. The fourth-order valence-corrected chi connectivity index (χ4v) is 7.45. The Balaban J connectivity index is 1.12. The van der Waals surface area contributed by atoms with Crippen molar-refractivity contribution < 1.29 is 8.83 Å². The highest BCUT2D eigenvalue weighted by Crippen LogP contribution is 2.41. The van der Waals surface area contributed by atoms with Crippen LogP contribution in [-0.2, 0) is 6.42 Å². The molecule has 5 nitrogen and oxygen atoms in total. The Labute approximate surface area is 317 Å². The van der Waals surface area contributed by atoms with E-state index >= 15 is 0 Å². The van der Waals surface area contributed by atoms with Gasteiger partial charge in [0.15, 0.2) is 17.5 Å². The Bertz CT molecular complexity index is 3150. The highest BCUT2D eigenvalue weighted by molar-refractivity contribution is 6.15. The van der Waals surface area contributed by atoms with E-state index in [-0.39, 0.29) is 0 Å². The normalized spacial score (nSPS) is 12.0. The molecule has 0 aliphatic heterocycles. The third kappa shape index (κ3) is 5.88. The molecule has 0 atom stereocenters. The molecule has 0 saturated carbocycles. The maximum atomic E-state index is 6.72. The SMILES string of the molecule is C=C/C=C\C=C/Cc1ccc(-c2nc(-c3ccc4ccccc4c3)nc(-c3cccc4oc5c(-c6ccc7oc8ccccc8c7c6)cccc5c34)n2)cc1. The Hall–Kier alpha value is -7.37. The Morgan fingerprint density at radius 3 is 2.05 bits per heavy atom. The molecule has 0 amide bonds. The van der Waals surface area contributed by atoms with Gasteiger partial charge in [-0.3, -0.25) is 0 Å². The van der Waals surface area contributed by atoms with Gasteiger partial charge in [0.05, 0.1) is 0 Å². The van der Waals surface area contributed by atoms with Crippen LogP contribution in [0.2, 0.25) is 0 Å². The number of rotatable bonds is 8. The first kappa shape index (κ1) is 32.3. The number of para-hydroxylation sites is 2. The van der Waals surface area contributed by atoms with Crippen LogP contribution in [0.4, 0.5) is 0 Å². The molecule has 0 unspecified atom stereocenters. The zero-order valence-electron chi connectivity index (χ0n) is 29.8. The van der Waals surface area contributed by atoms with Crippen molar-refractivity contribution in [3.63, 3.8) is 0 Å². The molecule has 0 aliphatic rings. The number of aromatic nitrogens is 3. The second-order valence-corrected chi connectivity index (χ2v) is 13.6. The number of fused-ring (bicyclic) bond motifs is 7. The predicted octanol–water partition coefficient (Wildman–Crippen LogP) is 13.3. The summed E-state index contributed by atoms with van der Waals surface area (Å²) in [6, 6.07) is 50.0. The second-order valence-electron chi connectivity index (χ2n) is 13.6. The minimum atomic E-state index is 0.583. The van der Waals surface area contributed by atoms with Gasteiger partial charge in [0, 0.05) is 43.8 Å². The van der Waals surface area contributed by atoms with Crippen LogP contribution in [0.15, 0.2) is 191 Å². The van der Waals surface area contributed by atoms with E-state index in [4.69, 9.17) is 23.8 Å². The van der Waals surface area contributed by atoms with Crippen molar-refractivity contribution in [3.8, 4) is 45.3 Å². The van der Waals surface area contributed by atoms with Crippen LogP contribution in [0.3, 0.4) is 0 Å². The summed E-state index contributed by atoms with van der Waals surface area (Å²) in [6.45, 7) is 3.73. The molecule has 7 aromatic carbocycles. The number of hydrogen-bond donors (Lipinski definition) is 0. The van der Waals surface area contributed by atoms with Gasteiger partial charge in [0.1, 0.15) is 22.3 Å². The standard InChI is InChI=1S/C50H33N3O2/c1-2-3-4-5-6-13-32-22-24-34(25-23-32)48-51-49(37-27-26-33-14-7-8-15-35(33)30-37)53-50(52-48)41-19-12-21-45-46(41)40-18-11-17-38(47(40)55-45)36-28-29-44-42(31-36)39-16-9-10-20-43(39)54-44/h2-12,14-31H,1,13H2/b4-3-,6-5-. The van der Waals surface area contributed by atoms with Crippen LogP contribution in [0.1, 0.15) is 5.56 Å². The highest BCUT2D eigenvalue weighted by Gasteiger charge is 2.20. The summed E-state index contributed by atoms with van der Waals surface area (Å²) in [5.41, 5.74) is 9.29. The van der Waals surface area contributed by atoms with Crippen LogP contribution in [-0.4, -0.2) is 15.0 Å². The van der Waals surface area contributed by atoms with E-state index in [1.54, 1.807) is 6.08 Å². The molecule has 55 heavy (non-hydrogen) atoms. The third-order valence-corrected chi connectivity index (χ3v) is 10.2. The lowest BCUT2D eigenvalue weighted by molar-refractivity contribution is 0.668. The average molecular weight is 708 g/mol. The number of furan rings is 2. The minimum absolute atomic E-state index is 0.583. The van der Waals surface area contributed by atoms with Crippen LogP contribution < -0.4 is 0 Å². The van der Waals surface area contributed by atoms with Crippen molar-refractivity contribution in [2.45, 2.75) is 6.42 Å². The molecule has 0 fully saturated rings. The maximum Gasteiger partial charge on any atom is 0.164 e. The molecule has 10 aromatic rings. The van der Waals surface area contributed by atoms with Gasteiger partial charge in [-0.05, 0) is 58.7 Å². The van der Waals surface area contributed by atoms with Crippen LogP contribution in [0, 0.1) is 0 Å². The molecule has 5 heteroatoms. The number of hydrogen-bond acceptors (Lipinski definition) is 5. The Kier molecular flexibility index (Phi) is 7.96. The van der Waals surface area contributed by atoms with Crippen molar-refractivity contribution in [2.75, 3.05) is 0 Å². The predicted molar refractivity (Wildman–Crippen MR) is 226 cm³/mol. The van der Waals surface area contributed by atoms with Crippen molar-refractivity contribution in [1.29, 1.82) is 0 Å². The van der Waals surface area contributed by atoms with Crippen molar-refractivity contribution in [2.24, 2.45) is 0 Å². The first-order valence-electron chi connectivity index (χ1n) is 18.4. The van der Waals surface area contributed by atoms with Crippen molar-refractivity contribution in [3.05, 3.63) is 188 Å². The molecule has 260 valence electrons. The zero-order chi connectivity index (χ0) is 36.7. The Morgan fingerprint density at radius 1 is 0.473 bits per heavy atom. The van der Waals surface area contributed by atoms with Crippen LogP contribution >= 0.6 is 0 Å². The monoisotopic (exact) mass is 707 g/mol. The van der Waals surface area contributed by atoms with Gasteiger partial charge >= 0.3 is 0 Å². The van der Waals surface area contributed by atoms with Crippen molar-refractivity contribution >= 4 is 54.6 Å². The summed E-state index contributed by atoms with van der Waals surface area (Å²) in [4.78, 5) is 15.4. The molecule has 0 N–H and O–H groups in total. The van der Waals surface area contributed by atoms with Gasteiger partial charge in [-0.15, -0.1) is 0 Å². The highest BCUT2D eigenvalue weighted by atomic mass is 16.3. The van der Waals surface area contributed by atoms with E-state index in [0.29, 0.717) is 17.5 Å². The smallest absolute Gasteiger partial charge is 0.164 e. The molecule has 0 spiro atoms. The molecular formula is C50H33N3O2. The Morgan fingerprint density at radius 2 is 1.16 bits per heavy atom. The summed E-state index contributed by atoms with van der Waals surface area (Å²) < 4.78 is 12.8. The second kappa shape index (κ2) is 13.6. The summed E-state index contributed by atoms with van der Waals surface area (Å²) in [5, 5.41) is 6.41. The first-order valence-corrected chi connectivity index (χ1v) is 18.4. The number of nitrogens with zero attached hydrogens (tertiary/aromatic N) is 3. The zero-order valence-corrected chi connectivity index (χ0v) is 29.8. The minimum Gasteiger partial charge on any atom is -0.456 e. The van der Waals surface area contributed by atoms with E-state index in [1.165, 1.54) is 5.56 Å². The van der Waals surface area contributed by atoms with Gasteiger partial charge in [-0.1, -0.05) is 152 Å². The van der Waals surface area contributed by atoms with Gasteiger partial charge in [0.25, 0.3) is 0 Å². The van der Waals surface area contributed by atoms with Gasteiger partial charge < -0.3 is 8.83 Å². The number of benzene rings is 7. The van der Waals surface area contributed by atoms with Gasteiger partial charge in [-0.2, -0.15) is 0 Å². The van der Waals surface area contributed by atoms with E-state index in [0.717, 1.165) is 88.9 Å². The quantitative estimate of drug-likeness (QED) is 0.147.